The van der Waals surface area contributed by atoms with Gasteiger partial charge in [-0.15, -0.1) is 0 Å². The third-order valence-electron chi connectivity index (χ3n) is 8.00. The Bertz CT molecular complexity index is 1800. The number of sulfone groups is 1. The van der Waals surface area contributed by atoms with Crippen LogP contribution in [0.3, 0.4) is 0 Å². The Labute approximate surface area is 306 Å². The minimum absolute atomic E-state index is 0.0856. The molecule has 3 atom stereocenters. The van der Waals surface area contributed by atoms with E-state index in [-0.39, 0.29) is 26.1 Å². The van der Waals surface area contributed by atoms with Gasteiger partial charge in [-0.05, 0) is 35.6 Å². The highest BCUT2D eigenvalue weighted by Gasteiger charge is 2.32. The van der Waals surface area contributed by atoms with Crippen LogP contribution in [0.25, 0.3) is 10.8 Å². The fourth-order valence-electron chi connectivity index (χ4n) is 5.26. The van der Waals surface area contributed by atoms with E-state index < -0.39 is 107 Å². The van der Waals surface area contributed by atoms with Gasteiger partial charge >= 0.3 is 0 Å². The highest BCUT2D eigenvalue weighted by Crippen LogP contribution is 2.20. The first-order valence-corrected chi connectivity index (χ1v) is 19.0. The van der Waals surface area contributed by atoms with E-state index in [2.05, 4.69) is 42.5 Å². The number of benzene rings is 2. The Morgan fingerprint density at radius 2 is 1.38 bits per heavy atom. The summed E-state index contributed by atoms with van der Waals surface area (Å²) in [5.74, 6) is -6.48. The molecule has 0 spiro atoms. The van der Waals surface area contributed by atoms with Crippen LogP contribution < -0.4 is 42.5 Å². The lowest BCUT2D eigenvalue weighted by Gasteiger charge is -2.25. The summed E-state index contributed by atoms with van der Waals surface area (Å²) >= 11 is 0. The molecular formula is C34H46N8O10S. The van der Waals surface area contributed by atoms with Gasteiger partial charge in [-0.25, -0.2) is 8.42 Å². The fourth-order valence-corrected chi connectivity index (χ4v) is 5.93. The van der Waals surface area contributed by atoms with Crippen molar-refractivity contribution in [3.8, 4) is 0 Å². The molecule has 0 bridgehead atoms. The first kappa shape index (κ1) is 41.8. The van der Waals surface area contributed by atoms with Gasteiger partial charge in [0.25, 0.3) is 0 Å². The van der Waals surface area contributed by atoms with E-state index in [1.165, 1.54) is 6.92 Å². The van der Waals surface area contributed by atoms with E-state index in [1.54, 1.807) is 18.2 Å². The second-order valence-electron chi connectivity index (χ2n) is 12.5. The van der Waals surface area contributed by atoms with Gasteiger partial charge in [-0.3, -0.25) is 38.4 Å². The predicted octanol–water partition coefficient (Wildman–Crippen LogP) is -2.94. The fraction of sp³-hybridized carbons (Fsp3) is 0.471. The SMILES string of the molecule is CC(=O)NCC(=O)N[C@H]1CC(=O)NCCCCNC(=O)CNC(=O)CNC(=O)[C@@H](Cc2cccc3ccccc23)NC(=O)[C@H](CCS(C)(=O)=O)NC1=O. The van der Waals surface area contributed by atoms with Crippen LogP contribution in [0.2, 0.25) is 0 Å². The van der Waals surface area contributed by atoms with E-state index in [9.17, 15) is 46.8 Å². The van der Waals surface area contributed by atoms with Crippen LogP contribution >= 0.6 is 0 Å². The minimum Gasteiger partial charge on any atom is -0.356 e. The zero-order chi connectivity index (χ0) is 39.0. The molecular weight excluding hydrogens is 712 g/mol. The molecule has 18 nitrogen and oxygen atoms in total. The minimum atomic E-state index is -3.68. The molecule has 1 saturated heterocycles. The van der Waals surface area contributed by atoms with Gasteiger partial charge in [0.15, 0.2) is 0 Å². The largest absolute Gasteiger partial charge is 0.356 e. The molecule has 0 aromatic heterocycles. The van der Waals surface area contributed by atoms with Crippen LogP contribution in [0.4, 0.5) is 0 Å². The lowest BCUT2D eigenvalue weighted by atomic mass is 9.98. The summed E-state index contributed by atoms with van der Waals surface area (Å²) in [5, 5.41) is 21.3. The van der Waals surface area contributed by atoms with E-state index in [4.69, 9.17) is 0 Å². The first-order valence-electron chi connectivity index (χ1n) is 17.0. The van der Waals surface area contributed by atoms with Crippen molar-refractivity contribution in [3.63, 3.8) is 0 Å². The molecule has 2 aromatic carbocycles. The van der Waals surface area contributed by atoms with Crippen molar-refractivity contribution >= 4 is 67.9 Å². The predicted molar refractivity (Wildman–Crippen MR) is 192 cm³/mol. The van der Waals surface area contributed by atoms with Crippen molar-refractivity contribution in [1.29, 1.82) is 0 Å². The number of amides is 8. The van der Waals surface area contributed by atoms with Crippen molar-refractivity contribution in [2.45, 2.75) is 57.2 Å². The Hall–Kier alpha value is -5.59. The van der Waals surface area contributed by atoms with Crippen molar-refractivity contribution in [2.24, 2.45) is 0 Å². The summed E-state index contributed by atoms with van der Waals surface area (Å²) in [4.78, 5) is 103. The van der Waals surface area contributed by atoms with Gasteiger partial charge in [-0.2, -0.15) is 0 Å². The maximum atomic E-state index is 13.9. The second-order valence-corrected chi connectivity index (χ2v) is 14.8. The molecule has 8 amide bonds. The Kier molecular flexibility index (Phi) is 16.1. The highest BCUT2D eigenvalue weighted by molar-refractivity contribution is 7.90. The van der Waals surface area contributed by atoms with Gasteiger partial charge in [0.05, 0.1) is 31.8 Å². The molecule has 0 saturated carbocycles. The molecule has 1 fully saturated rings. The lowest BCUT2D eigenvalue weighted by molar-refractivity contribution is -0.135. The number of fused-ring (bicyclic) bond motifs is 1. The van der Waals surface area contributed by atoms with Crippen LogP contribution in [0.15, 0.2) is 42.5 Å². The normalized spacial score (nSPS) is 20.5. The molecule has 1 aliphatic rings. The average Bonchev–Trinajstić information content (AvgIpc) is 3.10. The van der Waals surface area contributed by atoms with Crippen LogP contribution in [0, 0.1) is 0 Å². The molecule has 0 aliphatic carbocycles. The summed E-state index contributed by atoms with van der Waals surface area (Å²) < 4.78 is 24.3. The standard InChI is InChI=1S/C34H46N8O10S/c1-21(43)37-20-31(47)40-27-17-28(44)35-13-5-6-14-36-29(45)18-38-30(46)19-39-32(48)26(16-23-10-7-9-22-8-3-4-11-24(22)23)42-33(49)25(41-34(27)50)12-15-53(2,51)52/h3-4,7-11,25-27H,5-6,12-20H2,1-2H3,(H,35,44)(H,36,45)(H,37,43)(H,38,46)(H,39,48)(H,40,47)(H,41,50)(H,42,49)/t25-,26+,27-/m0/s1. The zero-order valence-electron chi connectivity index (χ0n) is 29.5. The zero-order valence-corrected chi connectivity index (χ0v) is 30.4. The van der Waals surface area contributed by atoms with Gasteiger partial charge in [-0.1, -0.05) is 42.5 Å². The molecule has 3 rings (SSSR count). The molecule has 1 heterocycles. The Balaban J connectivity index is 1.96. The summed E-state index contributed by atoms with van der Waals surface area (Å²) in [7, 11) is -3.68. The third-order valence-corrected chi connectivity index (χ3v) is 8.98. The number of hydrogen-bond donors (Lipinski definition) is 8. The average molecular weight is 759 g/mol. The van der Waals surface area contributed by atoms with Crippen LogP contribution in [-0.4, -0.2) is 119 Å². The third kappa shape index (κ3) is 15.3. The molecule has 2 aromatic rings. The van der Waals surface area contributed by atoms with Gasteiger partial charge < -0.3 is 42.5 Å². The smallest absolute Gasteiger partial charge is 0.243 e. The van der Waals surface area contributed by atoms with Crippen LogP contribution in [-0.2, 0) is 54.6 Å². The summed E-state index contributed by atoms with van der Waals surface area (Å²) in [6, 6.07) is 8.20. The molecule has 8 N–H and O–H groups in total. The maximum absolute atomic E-state index is 13.9. The summed E-state index contributed by atoms with van der Waals surface area (Å²) in [6.45, 7) is 0.135. The van der Waals surface area contributed by atoms with Crippen molar-refractivity contribution in [2.75, 3.05) is 44.7 Å². The molecule has 288 valence electrons. The van der Waals surface area contributed by atoms with Crippen molar-refractivity contribution in [1.82, 2.24) is 42.5 Å². The van der Waals surface area contributed by atoms with Gasteiger partial charge in [0.1, 0.15) is 28.0 Å². The highest BCUT2D eigenvalue weighted by atomic mass is 32.2. The quantitative estimate of drug-likeness (QED) is 0.136. The number of carbonyl (C=O) groups is 8. The summed E-state index contributed by atoms with van der Waals surface area (Å²) in [6.07, 6.45) is 0.691. The van der Waals surface area contributed by atoms with Gasteiger partial charge in [0, 0.05) is 32.7 Å². The van der Waals surface area contributed by atoms with E-state index in [1.807, 2.05) is 24.3 Å². The van der Waals surface area contributed by atoms with Gasteiger partial charge in [0.2, 0.25) is 47.3 Å². The van der Waals surface area contributed by atoms with E-state index >= 15 is 0 Å². The van der Waals surface area contributed by atoms with Crippen molar-refractivity contribution < 1.29 is 46.8 Å². The number of nitrogens with one attached hydrogen (secondary N) is 8. The summed E-state index contributed by atoms with van der Waals surface area (Å²) in [5.41, 5.74) is 0.649. The Morgan fingerprint density at radius 1 is 0.755 bits per heavy atom. The number of hydrogen-bond acceptors (Lipinski definition) is 10. The maximum Gasteiger partial charge on any atom is 0.243 e. The first-order chi connectivity index (χ1) is 25.1. The molecule has 19 heteroatoms. The van der Waals surface area contributed by atoms with E-state index in [0.29, 0.717) is 18.4 Å². The Morgan fingerprint density at radius 3 is 2.08 bits per heavy atom. The second kappa shape index (κ2) is 20.4. The van der Waals surface area contributed by atoms with E-state index in [0.717, 1.165) is 17.0 Å². The number of carbonyl (C=O) groups excluding carboxylic acids is 8. The lowest BCUT2D eigenvalue weighted by Crippen LogP contribution is -2.58. The molecule has 53 heavy (non-hydrogen) atoms. The van der Waals surface area contributed by atoms with Crippen molar-refractivity contribution in [3.05, 3.63) is 48.0 Å². The molecule has 0 radical (unpaired) electrons. The van der Waals surface area contributed by atoms with Crippen LogP contribution in [0.5, 0.6) is 0 Å². The molecule has 1 aliphatic heterocycles. The molecule has 0 unspecified atom stereocenters. The number of rotatable bonds is 8. The van der Waals surface area contributed by atoms with Crippen LogP contribution in [0.1, 0.15) is 38.2 Å². The monoisotopic (exact) mass is 758 g/mol. The topological polar surface area (TPSA) is 267 Å².